The fourth-order valence-corrected chi connectivity index (χ4v) is 3.22. The van der Waals surface area contributed by atoms with Crippen LogP contribution in [0.2, 0.25) is 0 Å². The molecule has 1 aromatic heterocycles. The van der Waals surface area contributed by atoms with Gasteiger partial charge in [0.1, 0.15) is 23.3 Å². The topological polar surface area (TPSA) is 49.8 Å². The van der Waals surface area contributed by atoms with Crippen LogP contribution in [0, 0.1) is 12.7 Å². The van der Waals surface area contributed by atoms with Crippen molar-refractivity contribution in [3.63, 3.8) is 0 Å². The van der Waals surface area contributed by atoms with Gasteiger partial charge in [-0.1, -0.05) is 23.8 Å². The van der Waals surface area contributed by atoms with Gasteiger partial charge in [0.15, 0.2) is 0 Å². The van der Waals surface area contributed by atoms with Crippen molar-refractivity contribution in [3.05, 3.63) is 59.2 Å². The first-order valence-electron chi connectivity index (χ1n) is 9.45. The Balaban J connectivity index is 1.48. The summed E-state index contributed by atoms with van der Waals surface area (Å²) in [6, 6.07) is 8.57. The summed E-state index contributed by atoms with van der Waals surface area (Å²) in [5.74, 6) is 2.22. The molecule has 0 radical (unpaired) electrons. The highest BCUT2D eigenvalue weighted by atomic mass is 19.1. The van der Waals surface area contributed by atoms with Crippen molar-refractivity contribution >= 4 is 11.6 Å². The summed E-state index contributed by atoms with van der Waals surface area (Å²) < 4.78 is 12.9. The first-order chi connectivity index (χ1) is 12.7. The van der Waals surface area contributed by atoms with E-state index < -0.39 is 0 Å². The maximum absolute atomic E-state index is 12.9. The molecule has 0 aliphatic heterocycles. The number of halogens is 1. The van der Waals surface area contributed by atoms with Gasteiger partial charge in [-0.25, -0.2) is 14.4 Å². The van der Waals surface area contributed by atoms with Crippen LogP contribution in [0.1, 0.15) is 43.5 Å². The van der Waals surface area contributed by atoms with Crippen molar-refractivity contribution in [2.24, 2.45) is 0 Å². The number of nitrogens with zero attached hydrogens (tertiary/aromatic N) is 2. The maximum atomic E-state index is 12.9. The highest BCUT2D eigenvalue weighted by Crippen LogP contribution is 2.20. The molecule has 5 heteroatoms. The second-order valence-corrected chi connectivity index (χ2v) is 6.77. The molecule has 0 saturated heterocycles. The fourth-order valence-electron chi connectivity index (χ4n) is 3.22. The summed E-state index contributed by atoms with van der Waals surface area (Å²) >= 11 is 0. The second kappa shape index (κ2) is 9.32. The molecule has 0 fully saturated rings. The van der Waals surface area contributed by atoms with Crippen molar-refractivity contribution in [2.45, 2.75) is 45.4 Å². The molecule has 0 atom stereocenters. The smallest absolute Gasteiger partial charge is 0.131 e. The maximum Gasteiger partial charge on any atom is 0.131 e. The Labute approximate surface area is 155 Å². The lowest BCUT2D eigenvalue weighted by Crippen LogP contribution is -2.10. The van der Waals surface area contributed by atoms with Gasteiger partial charge in [-0.05, 0) is 63.1 Å². The molecular formula is C21H27FN4. The van der Waals surface area contributed by atoms with E-state index in [1.807, 2.05) is 25.1 Å². The molecule has 0 amide bonds. The van der Waals surface area contributed by atoms with Crippen LogP contribution in [0.3, 0.4) is 0 Å². The molecular weight excluding hydrogens is 327 g/mol. The van der Waals surface area contributed by atoms with Crippen molar-refractivity contribution in [1.29, 1.82) is 0 Å². The number of rotatable bonds is 8. The number of hydrogen-bond acceptors (Lipinski definition) is 4. The quantitative estimate of drug-likeness (QED) is 0.663. The Morgan fingerprint density at radius 1 is 0.962 bits per heavy atom. The van der Waals surface area contributed by atoms with Crippen LogP contribution < -0.4 is 10.6 Å². The van der Waals surface area contributed by atoms with Crippen LogP contribution >= 0.6 is 0 Å². The average Bonchev–Trinajstić information content (AvgIpc) is 2.64. The molecule has 0 saturated carbocycles. The van der Waals surface area contributed by atoms with Gasteiger partial charge in [-0.2, -0.15) is 0 Å². The van der Waals surface area contributed by atoms with E-state index in [-0.39, 0.29) is 5.82 Å². The summed E-state index contributed by atoms with van der Waals surface area (Å²) in [4.78, 5) is 8.91. The van der Waals surface area contributed by atoms with E-state index in [1.54, 1.807) is 5.57 Å². The number of benzene rings is 1. The Morgan fingerprint density at radius 2 is 1.65 bits per heavy atom. The third kappa shape index (κ3) is 5.83. The van der Waals surface area contributed by atoms with Gasteiger partial charge in [0.2, 0.25) is 0 Å². The lowest BCUT2D eigenvalue weighted by molar-refractivity contribution is 0.627. The largest absolute Gasteiger partial charge is 0.370 e. The van der Waals surface area contributed by atoms with Gasteiger partial charge in [-0.15, -0.1) is 0 Å². The number of nitrogens with one attached hydrogen (secondary N) is 2. The van der Waals surface area contributed by atoms with Crippen LogP contribution in [-0.2, 0) is 6.42 Å². The van der Waals surface area contributed by atoms with E-state index in [9.17, 15) is 4.39 Å². The van der Waals surface area contributed by atoms with Crippen LogP contribution in [0.4, 0.5) is 16.0 Å². The molecule has 3 rings (SSSR count). The number of hydrogen-bond donors (Lipinski definition) is 2. The van der Waals surface area contributed by atoms with E-state index in [2.05, 4.69) is 26.7 Å². The minimum Gasteiger partial charge on any atom is -0.370 e. The highest BCUT2D eigenvalue weighted by molar-refractivity contribution is 5.47. The lowest BCUT2D eigenvalue weighted by Gasteiger charge is -2.14. The van der Waals surface area contributed by atoms with Gasteiger partial charge >= 0.3 is 0 Å². The van der Waals surface area contributed by atoms with Crippen LogP contribution in [-0.4, -0.2) is 23.1 Å². The highest BCUT2D eigenvalue weighted by Gasteiger charge is 2.05. The van der Waals surface area contributed by atoms with Crippen LogP contribution in [0.5, 0.6) is 0 Å². The summed E-state index contributed by atoms with van der Waals surface area (Å²) in [7, 11) is 0. The SMILES string of the molecule is Cc1nc(NCCC2=CCCCC2)cc(NCCc2ccc(F)cc2)n1. The van der Waals surface area contributed by atoms with Gasteiger partial charge in [0.25, 0.3) is 0 Å². The standard InChI is InChI=1S/C21H27FN4/c1-16-25-20(23-13-11-17-5-3-2-4-6-17)15-21(26-16)24-14-12-18-7-9-19(22)10-8-18/h5,7-10,15H,2-4,6,11-14H2,1H3,(H2,23,24,25,26). The van der Waals surface area contributed by atoms with Gasteiger partial charge in [-0.3, -0.25) is 0 Å². The average molecular weight is 354 g/mol. The Kier molecular flexibility index (Phi) is 6.58. The zero-order valence-corrected chi connectivity index (χ0v) is 15.4. The minimum absolute atomic E-state index is 0.201. The molecule has 2 aromatic rings. The monoisotopic (exact) mass is 354 g/mol. The van der Waals surface area contributed by atoms with Crippen molar-refractivity contribution in [1.82, 2.24) is 9.97 Å². The third-order valence-corrected chi connectivity index (χ3v) is 4.61. The fraction of sp³-hybridized carbons (Fsp3) is 0.429. The van der Waals surface area contributed by atoms with Gasteiger partial charge in [0.05, 0.1) is 0 Å². The summed E-state index contributed by atoms with van der Waals surface area (Å²) in [5.41, 5.74) is 2.66. The Morgan fingerprint density at radius 3 is 2.31 bits per heavy atom. The predicted octanol–water partition coefficient (Wildman–Crippen LogP) is 4.88. The minimum atomic E-state index is -0.201. The zero-order valence-electron chi connectivity index (χ0n) is 15.4. The normalized spacial score (nSPS) is 14.0. The van der Waals surface area contributed by atoms with E-state index in [0.29, 0.717) is 0 Å². The Hall–Kier alpha value is -2.43. The van der Waals surface area contributed by atoms with Crippen LogP contribution in [0.15, 0.2) is 42.0 Å². The van der Waals surface area contributed by atoms with Crippen molar-refractivity contribution < 1.29 is 4.39 Å². The van der Waals surface area contributed by atoms with E-state index in [0.717, 1.165) is 49.0 Å². The molecule has 1 aliphatic carbocycles. The lowest BCUT2D eigenvalue weighted by atomic mass is 9.97. The number of aryl methyl sites for hydroxylation is 1. The van der Waals surface area contributed by atoms with E-state index in [4.69, 9.17) is 0 Å². The molecule has 0 unspecified atom stereocenters. The zero-order chi connectivity index (χ0) is 18.2. The van der Waals surface area contributed by atoms with Gasteiger partial charge in [0, 0.05) is 19.2 Å². The number of aromatic nitrogens is 2. The summed E-state index contributed by atoms with van der Waals surface area (Å²) in [6.45, 7) is 3.55. The van der Waals surface area contributed by atoms with E-state index in [1.165, 1.54) is 37.8 Å². The number of allylic oxidation sites excluding steroid dienone is 1. The molecule has 26 heavy (non-hydrogen) atoms. The van der Waals surface area contributed by atoms with Crippen LogP contribution in [0.25, 0.3) is 0 Å². The first-order valence-corrected chi connectivity index (χ1v) is 9.45. The second-order valence-electron chi connectivity index (χ2n) is 6.77. The Bertz CT molecular complexity index is 740. The molecule has 0 bridgehead atoms. The van der Waals surface area contributed by atoms with E-state index >= 15 is 0 Å². The molecule has 4 nitrogen and oxygen atoms in total. The number of anilines is 2. The molecule has 1 aromatic carbocycles. The molecule has 138 valence electrons. The van der Waals surface area contributed by atoms with Crippen molar-refractivity contribution in [2.75, 3.05) is 23.7 Å². The van der Waals surface area contributed by atoms with Gasteiger partial charge < -0.3 is 10.6 Å². The summed E-state index contributed by atoms with van der Waals surface area (Å²) in [6.07, 6.45) is 9.40. The molecule has 1 aliphatic rings. The first kappa shape index (κ1) is 18.4. The predicted molar refractivity (Wildman–Crippen MR) is 105 cm³/mol. The molecule has 1 heterocycles. The molecule has 2 N–H and O–H groups in total. The molecule has 0 spiro atoms. The third-order valence-electron chi connectivity index (χ3n) is 4.61. The van der Waals surface area contributed by atoms with Crippen molar-refractivity contribution in [3.8, 4) is 0 Å². The summed E-state index contributed by atoms with van der Waals surface area (Å²) in [5, 5.41) is 6.75.